The second-order valence-corrected chi connectivity index (χ2v) is 5.63. The third-order valence-corrected chi connectivity index (χ3v) is 4.19. The quantitative estimate of drug-likeness (QED) is 0.693. The Kier molecular flexibility index (Phi) is 5.48. The zero-order valence-electron chi connectivity index (χ0n) is 12.2. The normalized spacial score (nSPS) is 23.4. The summed E-state index contributed by atoms with van der Waals surface area (Å²) in [6, 6.07) is 0.628. The highest BCUT2D eigenvalue weighted by atomic mass is 15.3. The summed E-state index contributed by atoms with van der Waals surface area (Å²) in [5.74, 6) is 1.41. The zero-order valence-corrected chi connectivity index (χ0v) is 12.2. The highest BCUT2D eigenvalue weighted by molar-refractivity contribution is 5.89. The molecule has 0 aliphatic carbocycles. The number of rotatable bonds is 7. The fourth-order valence-corrected chi connectivity index (χ4v) is 3.11. The molecule has 0 saturated carbocycles. The molecule has 0 bridgehead atoms. The molecule has 1 unspecified atom stereocenters. The number of nitrogens with zero attached hydrogens (tertiary/aromatic N) is 3. The highest BCUT2D eigenvalue weighted by Gasteiger charge is 2.34. The van der Waals surface area contributed by atoms with Gasteiger partial charge in [-0.1, -0.05) is 26.7 Å². The molecule has 0 radical (unpaired) electrons. The average Bonchev–Trinajstić information content (AvgIpc) is 2.83. The summed E-state index contributed by atoms with van der Waals surface area (Å²) in [7, 11) is 0. The van der Waals surface area contributed by atoms with Gasteiger partial charge in [0.25, 0.3) is 0 Å². The maximum Gasteiger partial charge on any atom is 0.116 e. The van der Waals surface area contributed by atoms with Crippen LogP contribution in [-0.4, -0.2) is 54.4 Å². The topological polar surface area (TPSA) is 18.8 Å². The number of amidine groups is 1. The minimum atomic E-state index is 0.628. The first-order chi connectivity index (χ1) is 8.86. The van der Waals surface area contributed by atoms with E-state index in [9.17, 15) is 0 Å². The van der Waals surface area contributed by atoms with Crippen LogP contribution in [0.5, 0.6) is 0 Å². The van der Waals surface area contributed by atoms with Crippen LogP contribution in [0.2, 0.25) is 0 Å². The second-order valence-electron chi connectivity index (χ2n) is 5.63. The Labute approximate surface area is 112 Å². The fraction of sp³-hybridized carbons (Fsp3) is 0.933. The van der Waals surface area contributed by atoms with Crippen LogP contribution < -0.4 is 0 Å². The van der Waals surface area contributed by atoms with Gasteiger partial charge in [0.1, 0.15) is 5.84 Å². The summed E-state index contributed by atoms with van der Waals surface area (Å²) in [5, 5.41) is 0. The summed E-state index contributed by atoms with van der Waals surface area (Å²) in [6.07, 6.45) is 7.80. The van der Waals surface area contributed by atoms with Crippen LogP contribution in [0.15, 0.2) is 4.99 Å². The Bertz CT molecular complexity index is 267. The number of fused-ring (bicyclic) bond motifs is 1. The molecule has 0 N–H and O–H groups in total. The van der Waals surface area contributed by atoms with Crippen molar-refractivity contribution in [3.8, 4) is 0 Å². The summed E-state index contributed by atoms with van der Waals surface area (Å²) < 4.78 is 0. The number of aliphatic imine (C=N–C) groups is 1. The molecular weight excluding hydrogens is 222 g/mol. The van der Waals surface area contributed by atoms with Crippen molar-refractivity contribution in [2.24, 2.45) is 4.99 Å². The summed E-state index contributed by atoms with van der Waals surface area (Å²) in [6.45, 7) is 10.6. The van der Waals surface area contributed by atoms with Crippen molar-refractivity contribution >= 4 is 5.84 Å². The van der Waals surface area contributed by atoms with E-state index in [1.165, 1.54) is 70.5 Å². The van der Waals surface area contributed by atoms with Gasteiger partial charge in [-0.2, -0.15) is 0 Å². The molecule has 3 nitrogen and oxygen atoms in total. The first-order valence-electron chi connectivity index (χ1n) is 7.90. The Morgan fingerprint density at radius 3 is 2.56 bits per heavy atom. The molecule has 1 fully saturated rings. The Morgan fingerprint density at radius 2 is 1.89 bits per heavy atom. The van der Waals surface area contributed by atoms with E-state index in [0.29, 0.717) is 6.04 Å². The summed E-state index contributed by atoms with van der Waals surface area (Å²) in [4.78, 5) is 10.0. The lowest BCUT2D eigenvalue weighted by molar-refractivity contribution is 0.234. The van der Waals surface area contributed by atoms with Gasteiger partial charge in [-0.05, 0) is 38.8 Å². The molecule has 1 saturated heterocycles. The molecule has 2 heterocycles. The molecule has 1 atom stereocenters. The minimum absolute atomic E-state index is 0.628. The van der Waals surface area contributed by atoms with Crippen molar-refractivity contribution in [1.29, 1.82) is 0 Å². The van der Waals surface area contributed by atoms with Gasteiger partial charge in [0.2, 0.25) is 0 Å². The van der Waals surface area contributed by atoms with E-state index in [1.54, 1.807) is 0 Å². The van der Waals surface area contributed by atoms with E-state index >= 15 is 0 Å². The highest BCUT2D eigenvalue weighted by Crippen LogP contribution is 2.22. The van der Waals surface area contributed by atoms with E-state index in [0.717, 1.165) is 6.54 Å². The van der Waals surface area contributed by atoms with Gasteiger partial charge >= 0.3 is 0 Å². The van der Waals surface area contributed by atoms with Crippen LogP contribution >= 0.6 is 0 Å². The lowest BCUT2D eigenvalue weighted by Crippen LogP contribution is -2.44. The summed E-state index contributed by atoms with van der Waals surface area (Å²) >= 11 is 0. The minimum Gasteiger partial charge on any atom is -0.359 e. The van der Waals surface area contributed by atoms with Crippen LogP contribution in [0.1, 0.15) is 52.4 Å². The molecule has 2 aliphatic heterocycles. The van der Waals surface area contributed by atoms with Crippen molar-refractivity contribution in [1.82, 2.24) is 9.80 Å². The lowest BCUT2D eigenvalue weighted by Gasteiger charge is -2.32. The molecule has 0 amide bonds. The SMILES string of the molecule is CCCCN(CCCC)C1CCN2CCCN=C12. The van der Waals surface area contributed by atoms with Gasteiger partial charge in [0.15, 0.2) is 0 Å². The predicted molar refractivity (Wildman–Crippen MR) is 78.3 cm³/mol. The molecule has 3 heteroatoms. The van der Waals surface area contributed by atoms with Crippen LogP contribution in [0.4, 0.5) is 0 Å². The third kappa shape index (κ3) is 3.25. The Balaban J connectivity index is 1.97. The Morgan fingerprint density at radius 1 is 1.17 bits per heavy atom. The molecule has 2 rings (SSSR count). The maximum absolute atomic E-state index is 4.81. The van der Waals surface area contributed by atoms with Gasteiger partial charge in [-0.3, -0.25) is 9.89 Å². The van der Waals surface area contributed by atoms with Crippen LogP contribution in [0.25, 0.3) is 0 Å². The zero-order chi connectivity index (χ0) is 12.8. The Hall–Kier alpha value is -0.570. The van der Waals surface area contributed by atoms with Gasteiger partial charge in [-0.15, -0.1) is 0 Å². The maximum atomic E-state index is 4.81. The van der Waals surface area contributed by atoms with Gasteiger partial charge in [0.05, 0.1) is 6.04 Å². The van der Waals surface area contributed by atoms with Gasteiger partial charge in [0, 0.05) is 19.6 Å². The third-order valence-electron chi connectivity index (χ3n) is 4.19. The summed E-state index contributed by atoms with van der Waals surface area (Å²) in [5.41, 5.74) is 0. The first kappa shape index (κ1) is 13.9. The molecule has 0 aromatic carbocycles. The van der Waals surface area contributed by atoms with Crippen molar-refractivity contribution in [3.05, 3.63) is 0 Å². The van der Waals surface area contributed by atoms with Crippen molar-refractivity contribution in [3.63, 3.8) is 0 Å². The molecule has 2 aliphatic rings. The number of hydrogen-bond donors (Lipinski definition) is 0. The van der Waals surface area contributed by atoms with Crippen molar-refractivity contribution in [2.45, 2.75) is 58.4 Å². The smallest absolute Gasteiger partial charge is 0.116 e. The molecular formula is C15H29N3. The number of hydrogen-bond acceptors (Lipinski definition) is 3. The van der Waals surface area contributed by atoms with Crippen molar-refractivity contribution < 1.29 is 0 Å². The monoisotopic (exact) mass is 251 g/mol. The fourth-order valence-electron chi connectivity index (χ4n) is 3.11. The van der Waals surface area contributed by atoms with E-state index in [4.69, 9.17) is 4.99 Å². The van der Waals surface area contributed by atoms with Crippen molar-refractivity contribution in [2.75, 3.05) is 32.7 Å². The molecule has 0 aromatic rings. The lowest BCUT2D eigenvalue weighted by atomic mass is 10.1. The first-order valence-corrected chi connectivity index (χ1v) is 7.90. The molecule has 18 heavy (non-hydrogen) atoms. The standard InChI is InChI=1S/C15H29N3/c1-3-5-10-17(11-6-4-2)14-8-13-18-12-7-9-16-15(14)18/h14H,3-13H2,1-2H3. The van der Waals surface area contributed by atoms with E-state index in [-0.39, 0.29) is 0 Å². The predicted octanol–water partition coefficient (Wildman–Crippen LogP) is 2.77. The molecule has 104 valence electrons. The molecule has 0 spiro atoms. The van der Waals surface area contributed by atoms with E-state index in [2.05, 4.69) is 23.6 Å². The second kappa shape index (κ2) is 7.13. The van der Waals surface area contributed by atoms with Crippen LogP contribution in [0, 0.1) is 0 Å². The largest absolute Gasteiger partial charge is 0.359 e. The molecule has 0 aromatic heterocycles. The number of unbranched alkanes of at least 4 members (excludes halogenated alkanes) is 2. The van der Waals surface area contributed by atoms with Crippen LogP contribution in [-0.2, 0) is 0 Å². The van der Waals surface area contributed by atoms with Crippen LogP contribution in [0.3, 0.4) is 0 Å². The van der Waals surface area contributed by atoms with E-state index in [1.807, 2.05) is 0 Å². The van der Waals surface area contributed by atoms with Gasteiger partial charge in [-0.25, -0.2) is 0 Å². The van der Waals surface area contributed by atoms with E-state index < -0.39 is 0 Å². The van der Waals surface area contributed by atoms with Gasteiger partial charge < -0.3 is 4.90 Å². The average molecular weight is 251 g/mol.